The lowest BCUT2D eigenvalue weighted by molar-refractivity contribution is 0.601. The average molecular weight is 310 g/mol. The molecule has 2 aliphatic carbocycles. The number of rotatable bonds is 2. The summed E-state index contributed by atoms with van der Waals surface area (Å²) in [5, 5.41) is 0. The van der Waals surface area contributed by atoms with Gasteiger partial charge >= 0.3 is 0 Å². The fraction of sp³-hybridized carbons (Fsp3) is 0.714. The summed E-state index contributed by atoms with van der Waals surface area (Å²) in [5.41, 5.74) is 7.55. The van der Waals surface area contributed by atoms with Crippen LogP contribution in [-0.4, -0.2) is 9.97 Å². The van der Waals surface area contributed by atoms with Gasteiger partial charge in [0.05, 0.1) is 10.2 Å². The normalized spacial score (nSPS) is 26.5. The van der Waals surface area contributed by atoms with Gasteiger partial charge in [0, 0.05) is 11.8 Å². The number of nitrogen functional groups attached to an aromatic ring is 1. The van der Waals surface area contributed by atoms with Crippen LogP contribution in [0.15, 0.2) is 4.47 Å². The van der Waals surface area contributed by atoms with E-state index in [4.69, 9.17) is 10.7 Å². The molecule has 2 fully saturated rings. The first-order chi connectivity index (χ1) is 8.49. The standard InChI is InChI=1S/C14H20BrN3/c1-14(2)7-9(14)13-17-11(8-5-3-4-6-8)10(15)12(16)18-13/h8-9H,3-7H2,1-2H3,(H2,16,17,18). The molecule has 0 radical (unpaired) electrons. The zero-order valence-corrected chi connectivity index (χ0v) is 12.6. The number of halogens is 1. The maximum atomic E-state index is 6.05. The minimum Gasteiger partial charge on any atom is -0.383 e. The molecule has 4 heteroatoms. The highest BCUT2D eigenvalue weighted by atomic mass is 79.9. The lowest BCUT2D eigenvalue weighted by atomic mass is 10.0. The van der Waals surface area contributed by atoms with E-state index in [1.54, 1.807) is 0 Å². The minimum atomic E-state index is 0.354. The Morgan fingerprint density at radius 1 is 1.22 bits per heavy atom. The Labute approximate surface area is 117 Å². The zero-order valence-electron chi connectivity index (χ0n) is 11.0. The highest BCUT2D eigenvalue weighted by Crippen LogP contribution is 2.58. The molecular formula is C14H20BrN3. The Kier molecular flexibility index (Phi) is 2.88. The highest BCUT2D eigenvalue weighted by Gasteiger charge is 2.49. The van der Waals surface area contributed by atoms with Crippen molar-refractivity contribution in [3.8, 4) is 0 Å². The number of hydrogen-bond donors (Lipinski definition) is 1. The summed E-state index contributed by atoms with van der Waals surface area (Å²) in [5.74, 6) is 2.64. The van der Waals surface area contributed by atoms with Gasteiger partial charge in [-0.25, -0.2) is 9.97 Å². The number of aromatic nitrogens is 2. The average Bonchev–Trinajstić information content (AvgIpc) is 2.78. The van der Waals surface area contributed by atoms with E-state index < -0.39 is 0 Å². The predicted octanol–water partition coefficient (Wildman–Crippen LogP) is 3.99. The predicted molar refractivity (Wildman–Crippen MR) is 76.5 cm³/mol. The third-order valence-electron chi connectivity index (χ3n) is 4.49. The van der Waals surface area contributed by atoms with E-state index in [1.807, 2.05) is 0 Å². The van der Waals surface area contributed by atoms with Gasteiger partial charge in [-0.15, -0.1) is 0 Å². The van der Waals surface area contributed by atoms with Crippen LogP contribution in [0.4, 0.5) is 5.82 Å². The van der Waals surface area contributed by atoms with Gasteiger partial charge in [0.2, 0.25) is 0 Å². The summed E-state index contributed by atoms with van der Waals surface area (Å²) in [6, 6.07) is 0. The van der Waals surface area contributed by atoms with E-state index in [2.05, 4.69) is 34.8 Å². The first-order valence-electron chi connectivity index (χ1n) is 6.82. The van der Waals surface area contributed by atoms with Crippen molar-refractivity contribution in [2.45, 2.75) is 57.8 Å². The maximum absolute atomic E-state index is 6.05. The molecule has 2 aliphatic rings. The van der Waals surface area contributed by atoms with Gasteiger partial charge in [-0.2, -0.15) is 0 Å². The number of nitrogens with zero attached hydrogens (tertiary/aromatic N) is 2. The van der Waals surface area contributed by atoms with Crippen LogP contribution in [0.1, 0.15) is 69.3 Å². The first-order valence-corrected chi connectivity index (χ1v) is 7.61. The van der Waals surface area contributed by atoms with Crippen molar-refractivity contribution < 1.29 is 0 Å². The second-order valence-electron chi connectivity index (χ2n) is 6.39. The third kappa shape index (κ3) is 2.04. The Morgan fingerprint density at radius 2 is 1.83 bits per heavy atom. The topological polar surface area (TPSA) is 51.8 Å². The Balaban J connectivity index is 1.97. The van der Waals surface area contributed by atoms with Gasteiger partial charge in [0.15, 0.2) is 0 Å². The summed E-state index contributed by atoms with van der Waals surface area (Å²) in [6.07, 6.45) is 6.28. The van der Waals surface area contributed by atoms with E-state index in [9.17, 15) is 0 Å². The van der Waals surface area contributed by atoms with Crippen molar-refractivity contribution in [3.63, 3.8) is 0 Å². The molecule has 1 atom stereocenters. The largest absolute Gasteiger partial charge is 0.383 e. The van der Waals surface area contributed by atoms with E-state index in [1.165, 1.54) is 32.1 Å². The van der Waals surface area contributed by atoms with E-state index in [-0.39, 0.29) is 0 Å². The summed E-state index contributed by atoms with van der Waals surface area (Å²) in [4.78, 5) is 9.32. The van der Waals surface area contributed by atoms with Crippen molar-refractivity contribution in [1.29, 1.82) is 0 Å². The lowest BCUT2D eigenvalue weighted by Crippen LogP contribution is -2.08. The van der Waals surface area contributed by atoms with Crippen LogP contribution in [0.5, 0.6) is 0 Å². The zero-order chi connectivity index (χ0) is 12.9. The fourth-order valence-electron chi connectivity index (χ4n) is 3.03. The monoisotopic (exact) mass is 309 g/mol. The van der Waals surface area contributed by atoms with Crippen LogP contribution in [0.3, 0.4) is 0 Å². The molecule has 0 bridgehead atoms. The first kappa shape index (κ1) is 12.4. The lowest BCUT2D eigenvalue weighted by Gasteiger charge is -2.14. The Morgan fingerprint density at radius 3 is 2.39 bits per heavy atom. The fourth-order valence-corrected chi connectivity index (χ4v) is 3.54. The molecule has 2 N–H and O–H groups in total. The van der Waals surface area contributed by atoms with Gasteiger partial charge in [-0.1, -0.05) is 26.7 Å². The van der Waals surface area contributed by atoms with Gasteiger partial charge in [0.1, 0.15) is 11.6 Å². The number of anilines is 1. The van der Waals surface area contributed by atoms with Crippen LogP contribution in [-0.2, 0) is 0 Å². The molecule has 0 aliphatic heterocycles. The van der Waals surface area contributed by atoms with E-state index in [0.717, 1.165) is 16.0 Å². The number of nitrogens with two attached hydrogens (primary N) is 1. The molecule has 98 valence electrons. The van der Waals surface area contributed by atoms with Gasteiger partial charge in [-0.05, 0) is 40.6 Å². The molecule has 1 aromatic heterocycles. The molecule has 1 heterocycles. The molecule has 0 amide bonds. The minimum absolute atomic E-state index is 0.354. The Hall–Kier alpha value is -0.640. The second-order valence-corrected chi connectivity index (χ2v) is 7.19. The van der Waals surface area contributed by atoms with Gasteiger partial charge in [-0.3, -0.25) is 0 Å². The highest BCUT2D eigenvalue weighted by molar-refractivity contribution is 9.10. The second kappa shape index (κ2) is 4.19. The van der Waals surface area contributed by atoms with Crippen molar-refractivity contribution >= 4 is 21.7 Å². The van der Waals surface area contributed by atoms with Crippen molar-refractivity contribution in [3.05, 3.63) is 16.0 Å². The van der Waals surface area contributed by atoms with Gasteiger partial charge < -0.3 is 5.73 Å². The van der Waals surface area contributed by atoms with Gasteiger partial charge in [0.25, 0.3) is 0 Å². The molecule has 3 rings (SSSR count). The van der Waals surface area contributed by atoms with E-state index in [0.29, 0.717) is 23.1 Å². The summed E-state index contributed by atoms with van der Waals surface area (Å²) in [7, 11) is 0. The summed E-state index contributed by atoms with van der Waals surface area (Å²) in [6.45, 7) is 4.54. The van der Waals surface area contributed by atoms with Crippen LogP contribution in [0.25, 0.3) is 0 Å². The Bertz CT molecular complexity index is 478. The molecule has 1 unspecified atom stereocenters. The summed E-state index contributed by atoms with van der Waals surface area (Å²) >= 11 is 3.57. The van der Waals surface area contributed by atoms with Crippen molar-refractivity contribution in [2.24, 2.45) is 5.41 Å². The van der Waals surface area contributed by atoms with Crippen LogP contribution < -0.4 is 5.73 Å². The van der Waals surface area contributed by atoms with Crippen molar-refractivity contribution in [1.82, 2.24) is 9.97 Å². The number of hydrogen-bond acceptors (Lipinski definition) is 3. The molecule has 3 nitrogen and oxygen atoms in total. The summed E-state index contributed by atoms with van der Waals surface area (Å²) < 4.78 is 0.927. The molecule has 0 saturated heterocycles. The molecular weight excluding hydrogens is 290 g/mol. The van der Waals surface area contributed by atoms with Crippen LogP contribution in [0.2, 0.25) is 0 Å². The molecule has 1 aromatic rings. The molecule has 18 heavy (non-hydrogen) atoms. The maximum Gasteiger partial charge on any atom is 0.141 e. The van der Waals surface area contributed by atoms with Crippen molar-refractivity contribution in [2.75, 3.05) is 5.73 Å². The molecule has 2 saturated carbocycles. The molecule has 0 spiro atoms. The van der Waals surface area contributed by atoms with Crippen LogP contribution in [0, 0.1) is 5.41 Å². The third-order valence-corrected chi connectivity index (χ3v) is 5.30. The molecule has 0 aromatic carbocycles. The quantitative estimate of drug-likeness (QED) is 0.898. The van der Waals surface area contributed by atoms with Crippen LogP contribution >= 0.6 is 15.9 Å². The SMILES string of the molecule is CC1(C)CC1c1nc(N)c(Br)c(C2CCCC2)n1. The van der Waals surface area contributed by atoms with E-state index >= 15 is 0 Å². The smallest absolute Gasteiger partial charge is 0.141 e.